The highest BCUT2D eigenvalue weighted by molar-refractivity contribution is 5.94. The molecule has 3 rings (SSSR count). The van der Waals surface area contributed by atoms with E-state index in [2.05, 4.69) is 16.8 Å². The molecule has 1 N–H and O–H groups in total. The predicted octanol–water partition coefficient (Wildman–Crippen LogP) is 3.03. The topological polar surface area (TPSA) is 62.7 Å². The van der Waals surface area contributed by atoms with Gasteiger partial charge >= 0.3 is 0 Å². The number of rotatable bonds is 4. The number of piperidine rings is 1. The fraction of sp³-hybridized carbons (Fsp3) is 0.391. The highest BCUT2D eigenvalue weighted by Crippen LogP contribution is 2.18. The van der Waals surface area contributed by atoms with Crippen LogP contribution in [0.3, 0.4) is 0 Å². The molecule has 0 spiro atoms. The fourth-order valence-electron chi connectivity index (χ4n) is 3.09. The lowest BCUT2D eigenvalue weighted by Crippen LogP contribution is -2.43. The molecule has 1 saturated heterocycles. The molecule has 1 aromatic carbocycles. The number of hydrogen-bond donors (Lipinski definition) is 1. The van der Waals surface area contributed by atoms with E-state index in [9.17, 15) is 9.90 Å². The Bertz CT molecular complexity index is 863. The molecule has 2 aromatic rings. The van der Waals surface area contributed by atoms with Crippen LogP contribution in [0, 0.1) is 11.8 Å². The summed E-state index contributed by atoms with van der Waals surface area (Å²) < 4.78 is 6.00. The Morgan fingerprint density at radius 2 is 2.21 bits per heavy atom. The lowest BCUT2D eigenvalue weighted by atomic mass is 10.0. The van der Waals surface area contributed by atoms with E-state index < -0.39 is 5.60 Å². The van der Waals surface area contributed by atoms with Crippen molar-refractivity contribution in [1.82, 2.24) is 9.88 Å². The number of amides is 1. The number of aliphatic hydroxyl groups is 1. The van der Waals surface area contributed by atoms with Gasteiger partial charge in [-0.25, -0.2) is 0 Å². The molecule has 1 amide bonds. The Labute approximate surface area is 166 Å². The zero-order chi connectivity index (χ0) is 20.0. The zero-order valence-corrected chi connectivity index (χ0v) is 16.4. The highest BCUT2D eigenvalue weighted by Gasteiger charge is 2.25. The van der Waals surface area contributed by atoms with Gasteiger partial charge in [0.05, 0.1) is 12.7 Å². The average Bonchev–Trinajstić information content (AvgIpc) is 2.71. The summed E-state index contributed by atoms with van der Waals surface area (Å²) in [5, 5.41) is 9.76. The third-order valence-corrected chi connectivity index (χ3v) is 4.50. The zero-order valence-electron chi connectivity index (χ0n) is 16.4. The summed E-state index contributed by atoms with van der Waals surface area (Å²) in [7, 11) is 0. The highest BCUT2D eigenvalue weighted by atomic mass is 16.5. The second-order valence-corrected chi connectivity index (χ2v) is 7.58. The van der Waals surface area contributed by atoms with Crippen LogP contribution >= 0.6 is 0 Å². The minimum Gasteiger partial charge on any atom is -0.378 e. The van der Waals surface area contributed by atoms with Crippen molar-refractivity contribution in [3.05, 3.63) is 65.5 Å². The van der Waals surface area contributed by atoms with Gasteiger partial charge in [-0.3, -0.25) is 9.78 Å². The number of ether oxygens (including phenoxy) is 1. The largest absolute Gasteiger partial charge is 0.378 e. The maximum Gasteiger partial charge on any atom is 0.253 e. The van der Waals surface area contributed by atoms with Crippen LogP contribution in [0.25, 0.3) is 0 Å². The maximum atomic E-state index is 12.9. The van der Waals surface area contributed by atoms with Gasteiger partial charge in [-0.15, -0.1) is 0 Å². The Morgan fingerprint density at radius 1 is 1.36 bits per heavy atom. The third kappa shape index (κ3) is 5.91. The molecule has 5 nitrogen and oxygen atoms in total. The van der Waals surface area contributed by atoms with Crippen LogP contribution < -0.4 is 0 Å². The summed E-state index contributed by atoms with van der Waals surface area (Å²) in [4.78, 5) is 18.9. The number of benzene rings is 1. The van der Waals surface area contributed by atoms with Crippen molar-refractivity contribution in [2.75, 3.05) is 13.1 Å². The number of carbonyl (C=O) groups excluding carboxylic acids is 1. The van der Waals surface area contributed by atoms with Gasteiger partial charge in [-0.1, -0.05) is 24.0 Å². The minimum absolute atomic E-state index is 0.0124. The lowest BCUT2D eigenvalue weighted by Gasteiger charge is -2.32. The molecule has 0 unspecified atom stereocenters. The van der Waals surface area contributed by atoms with Crippen molar-refractivity contribution >= 4 is 5.91 Å². The summed E-state index contributed by atoms with van der Waals surface area (Å²) in [6.45, 7) is 5.08. The average molecular weight is 378 g/mol. The Hall–Kier alpha value is -2.68. The van der Waals surface area contributed by atoms with Gasteiger partial charge in [0.2, 0.25) is 0 Å². The normalized spacial score (nSPS) is 17.0. The fourth-order valence-corrected chi connectivity index (χ4v) is 3.09. The van der Waals surface area contributed by atoms with Crippen LogP contribution in [0.5, 0.6) is 0 Å². The van der Waals surface area contributed by atoms with Crippen LogP contribution in [-0.2, 0) is 11.3 Å². The van der Waals surface area contributed by atoms with E-state index in [1.807, 2.05) is 29.2 Å². The van der Waals surface area contributed by atoms with Crippen LogP contribution in [-0.4, -0.2) is 45.7 Å². The van der Waals surface area contributed by atoms with Gasteiger partial charge in [0.1, 0.15) is 5.60 Å². The second-order valence-electron chi connectivity index (χ2n) is 7.58. The molecule has 146 valence electrons. The van der Waals surface area contributed by atoms with Gasteiger partial charge in [0.25, 0.3) is 5.91 Å². The number of pyridine rings is 1. The summed E-state index contributed by atoms with van der Waals surface area (Å²) in [5.74, 6) is 5.70. The third-order valence-electron chi connectivity index (χ3n) is 4.50. The van der Waals surface area contributed by atoms with E-state index in [1.165, 1.54) is 0 Å². The SMILES string of the molecule is CC(C)(O)C#Cc1cccc(C(=O)N2CCC[C@@H](OCc3cccnc3)C2)c1. The molecule has 0 saturated carbocycles. The Balaban J connectivity index is 1.62. The standard InChI is InChI=1S/C23H26N2O3/c1-23(2,27)11-10-18-6-3-8-20(14-18)22(26)25-13-5-9-21(16-25)28-17-19-7-4-12-24-15-19/h3-4,6-8,12,14-15,21,27H,5,9,13,16-17H2,1-2H3/t21-/m1/s1. The van der Waals surface area contributed by atoms with E-state index in [0.717, 1.165) is 30.5 Å². The molecule has 1 aliphatic rings. The maximum absolute atomic E-state index is 12.9. The van der Waals surface area contributed by atoms with Crippen molar-refractivity contribution in [2.45, 2.75) is 45.0 Å². The van der Waals surface area contributed by atoms with E-state index in [0.29, 0.717) is 18.7 Å². The van der Waals surface area contributed by atoms with Gasteiger partial charge in [-0.2, -0.15) is 0 Å². The number of hydrogen-bond acceptors (Lipinski definition) is 4. The summed E-state index contributed by atoms with van der Waals surface area (Å²) >= 11 is 0. The molecule has 28 heavy (non-hydrogen) atoms. The van der Waals surface area contributed by atoms with Crippen LogP contribution in [0.4, 0.5) is 0 Å². The molecule has 0 aliphatic carbocycles. The van der Waals surface area contributed by atoms with Crippen LogP contribution in [0.1, 0.15) is 48.2 Å². The predicted molar refractivity (Wildman–Crippen MR) is 108 cm³/mol. The van der Waals surface area contributed by atoms with E-state index in [1.54, 1.807) is 38.4 Å². The van der Waals surface area contributed by atoms with Crippen molar-refractivity contribution in [2.24, 2.45) is 0 Å². The van der Waals surface area contributed by atoms with Crippen molar-refractivity contribution in [3.63, 3.8) is 0 Å². The Morgan fingerprint density at radius 3 is 2.96 bits per heavy atom. The smallest absolute Gasteiger partial charge is 0.253 e. The molecule has 1 fully saturated rings. The summed E-state index contributed by atoms with van der Waals surface area (Å²) in [6.07, 6.45) is 5.43. The van der Waals surface area contributed by atoms with Gasteiger partial charge in [0, 0.05) is 36.6 Å². The van der Waals surface area contributed by atoms with E-state index in [-0.39, 0.29) is 12.0 Å². The molecule has 1 aromatic heterocycles. The van der Waals surface area contributed by atoms with Crippen molar-refractivity contribution < 1.29 is 14.6 Å². The minimum atomic E-state index is -1.06. The van der Waals surface area contributed by atoms with Crippen molar-refractivity contribution in [3.8, 4) is 11.8 Å². The summed E-state index contributed by atoms with van der Waals surface area (Å²) in [5.41, 5.74) is 1.29. The first-order chi connectivity index (χ1) is 13.4. The molecule has 0 radical (unpaired) electrons. The molecule has 0 bridgehead atoms. The van der Waals surface area contributed by atoms with Crippen molar-refractivity contribution in [1.29, 1.82) is 0 Å². The molecule has 2 heterocycles. The molecule has 5 heteroatoms. The van der Waals surface area contributed by atoms with Crippen LogP contribution in [0.2, 0.25) is 0 Å². The van der Waals surface area contributed by atoms with E-state index in [4.69, 9.17) is 4.74 Å². The first-order valence-electron chi connectivity index (χ1n) is 9.56. The molecular formula is C23H26N2O3. The van der Waals surface area contributed by atoms with Gasteiger partial charge < -0.3 is 14.7 Å². The van der Waals surface area contributed by atoms with Gasteiger partial charge in [-0.05, 0) is 56.5 Å². The monoisotopic (exact) mass is 378 g/mol. The van der Waals surface area contributed by atoms with Crippen LogP contribution in [0.15, 0.2) is 48.8 Å². The first kappa shape index (κ1) is 20.1. The second kappa shape index (κ2) is 9.01. The van der Waals surface area contributed by atoms with E-state index >= 15 is 0 Å². The van der Waals surface area contributed by atoms with Gasteiger partial charge in [0.15, 0.2) is 0 Å². The number of nitrogens with zero attached hydrogens (tertiary/aromatic N) is 2. The lowest BCUT2D eigenvalue weighted by molar-refractivity contribution is -0.00681. The number of aromatic nitrogens is 1. The summed E-state index contributed by atoms with van der Waals surface area (Å²) in [6, 6.07) is 11.1. The number of carbonyl (C=O) groups is 1. The molecular weight excluding hydrogens is 352 g/mol. The number of likely N-dealkylation sites (tertiary alicyclic amines) is 1. The quantitative estimate of drug-likeness (QED) is 0.831. The molecule has 1 atom stereocenters. The first-order valence-corrected chi connectivity index (χ1v) is 9.56. The molecule has 1 aliphatic heterocycles. The Kier molecular flexibility index (Phi) is 6.45.